The molecule has 0 spiro atoms. The van der Waals surface area contributed by atoms with Crippen LogP contribution in [0.15, 0.2) is 0 Å². The van der Waals surface area contributed by atoms with Crippen LogP contribution in [0.25, 0.3) is 0 Å². The highest BCUT2D eigenvalue weighted by Crippen LogP contribution is 2.47. The molecule has 0 aromatic carbocycles. The molecule has 0 bridgehead atoms. The highest BCUT2D eigenvalue weighted by molar-refractivity contribution is 4.94. The molecule has 1 unspecified atom stereocenters. The van der Waals surface area contributed by atoms with Crippen LogP contribution in [0.1, 0.15) is 74.7 Å². The van der Waals surface area contributed by atoms with Crippen LogP contribution in [-0.4, -0.2) is 46.0 Å². The number of ether oxygens (including phenoxy) is 2. The molecule has 11 heteroatoms. The Balaban J connectivity index is 5.47. The first kappa shape index (κ1) is 29.3. The van der Waals surface area contributed by atoms with E-state index in [9.17, 15) is 40.2 Å². The zero-order valence-electron chi connectivity index (χ0n) is 18.5. The third-order valence-corrected chi connectivity index (χ3v) is 5.03. The molecule has 0 heterocycles. The van der Waals surface area contributed by atoms with Crippen LogP contribution in [0.5, 0.6) is 0 Å². The van der Waals surface area contributed by atoms with E-state index in [1.165, 1.54) is 6.92 Å². The summed E-state index contributed by atoms with van der Waals surface area (Å²) < 4.78 is 120. The summed E-state index contributed by atoms with van der Waals surface area (Å²) in [4.78, 5) is 0. The van der Waals surface area contributed by atoms with Crippen LogP contribution in [-0.2, 0) is 9.47 Å². The van der Waals surface area contributed by atoms with Gasteiger partial charge in [-0.25, -0.2) is 0 Å². The van der Waals surface area contributed by atoms with E-state index in [-0.39, 0.29) is 6.42 Å². The number of hydrogen-bond donors (Lipinski definition) is 1. The molecule has 0 rings (SSSR count). The first-order valence-electron chi connectivity index (χ1n) is 9.51. The number of aliphatic hydroxyl groups is 1. The van der Waals surface area contributed by atoms with Gasteiger partial charge in [0.25, 0.3) is 0 Å². The maximum Gasteiger partial charge on any atom is 0.422 e. The van der Waals surface area contributed by atoms with Gasteiger partial charge in [-0.2, -0.15) is 35.1 Å². The lowest BCUT2D eigenvalue weighted by molar-refractivity contribution is -0.411. The van der Waals surface area contributed by atoms with Crippen molar-refractivity contribution in [1.29, 1.82) is 0 Å². The van der Waals surface area contributed by atoms with E-state index in [0.717, 1.165) is 34.6 Å². The van der Waals surface area contributed by atoms with Crippen LogP contribution in [0.2, 0.25) is 0 Å². The highest BCUT2D eigenvalue weighted by atomic mass is 19.3. The van der Waals surface area contributed by atoms with Crippen molar-refractivity contribution < 1.29 is 49.7 Å². The van der Waals surface area contributed by atoms with Crippen molar-refractivity contribution in [3.05, 3.63) is 0 Å². The van der Waals surface area contributed by atoms with E-state index < -0.39 is 59.6 Å². The summed E-state index contributed by atoms with van der Waals surface area (Å²) in [6.07, 6.45) is -11.1. The van der Waals surface area contributed by atoms with Gasteiger partial charge in [0.05, 0.1) is 11.2 Å². The zero-order chi connectivity index (χ0) is 24.6. The molecule has 0 saturated heterocycles. The smallest absolute Gasteiger partial charge is 0.384 e. The molecule has 0 aromatic rings. The van der Waals surface area contributed by atoms with Crippen LogP contribution < -0.4 is 0 Å². The largest absolute Gasteiger partial charge is 0.422 e. The van der Waals surface area contributed by atoms with E-state index in [1.807, 2.05) is 0 Å². The first-order valence-corrected chi connectivity index (χ1v) is 9.51. The summed E-state index contributed by atoms with van der Waals surface area (Å²) in [5, 5.41) is 9.37. The van der Waals surface area contributed by atoms with Gasteiger partial charge in [-0.15, -0.1) is 0 Å². The minimum absolute atomic E-state index is 0.237. The second kappa shape index (κ2) is 8.69. The lowest BCUT2D eigenvalue weighted by Gasteiger charge is -2.41. The molecule has 0 aliphatic carbocycles. The molecular weight excluding hydrogens is 428 g/mol. The topological polar surface area (TPSA) is 38.7 Å². The number of rotatable bonds is 12. The quantitative estimate of drug-likeness (QED) is 0.332. The fraction of sp³-hybridized carbons (Fsp3) is 1.00. The normalized spacial score (nSPS) is 17.4. The van der Waals surface area contributed by atoms with Crippen molar-refractivity contribution >= 4 is 0 Å². The van der Waals surface area contributed by atoms with E-state index in [1.54, 1.807) is 0 Å². The average molecular weight is 460 g/mol. The molecule has 0 aliphatic heterocycles. The summed E-state index contributed by atoms with van der Waals surface area (Å²) in [5.74, 6) is -11.2. The number of alkyl halides is 8. The van der Waals surface area contributed by atoms with E-state index >= 15 is 0 Å². The molecule has 3 nitrogen and oxygen atoms in total. The molecule has 0 aromatic heterocycles. The molecule has 0 amide bonds. The first-order chi connectivity index (χ1) is 12.9. The van der Waals surface area contributed by atoms with Crippen molar-refractivity contribution in [1.82, 2.24) is 0 Å². The molecular formula is C19H32F8O3. The molecule has 1 N–H and O–H groups in total. The zero-order valence-corrected chi connectivity index (χ0v) is 18.5. The fourth-order valence-corrected chi connectivity index (χ4v) is 2.40. The van der Waals surface area contributed by atoms with Crippen molar-refractivity contribution in [2.24, 2.45) is 5.92 Å². The molecule has 0 radical (unpaired) electrons. The minimum Gasteiger partial charge on any atom is -0.384 e. The molecule has 0 fully saturated rings. The molecule has 0 saturated carbocycles. The van der Waals surface area contributed by atoms with E-state index in [0.29, 0.717) is 13.8 Å². The summed E-state index contributed by atoms with van der Waals surface area (Å²) >= 11 is 0. The Labute approximate surface area is 172 Å². The third-order valence-electron chi connectivity index (χ3n) is 5.03. The SMILES string of the molecule is CCC(C)(CCC(C)(C)OC(F)(F)C(F)(F)C(C)C)OC(F)(F)C(F)(F)C(C)(C)O. The fourth-order valence-electron chi connectivity index (χ4n) is 2.40. The monoisotopic (exact) mass is 460 g/mol. The lowest BCUT2D eigenvalue weighted by atomic mass is 9.89. The van der Waals surface area contributed by atoms with Crippen molar-refractivity contribution in [2.75, 3.05) is 0 Å². The minimum atomic E-state index is -5.09. The van der Waals surface area contributed by atoms with Crippen molar-refractivity contribution in [3.63, 3.8) is 0 Å². The van der Waals surface area contributed by atoms with Gasteiger partial charge in [0.2, 0.25) is 0 Å². The Morgan fingerprint density at radius 1 is 0.733 bits per heavy atom. The second-order valence-corrected chi connectivity index (χ2v) is 9.21. The Kier molecular flexibility index (Phi) is 8.49. The standard InChI is InChI=1S/C19H32F8O3/c1-9-15(8,30-19(26,27)17(22,23)14(6,7)28)11-10-13(4,5)29-18(24,25)16(20,21)12(2)3/h12,28H,9-11H2,1-8H3. The van der Waals surface area contributed by atoms with Crippen molar-refractivity contribution in [2.45, 2.75) is 116 Å². The predicted molar refractivity (Wildman–Crippen MR) is 95.1 cm³/mol. The molecule has 182 valence electrons. The lowest BCUT2D eigenvalue weighted by Crippen LogP contribution is -2.59. The van der Waals surface area contributed by atoms with Gasteiger partial charge in [-0.3, -0.25) is 0 Å². The van der Waals surface area contributed by atoms with Crippen LogP contribution in [0.3, 0.4) is 0 Å². The number of halogens is 8. The summed E-state index contributed by atoms with van der Waals surface area (Å²) in [6.45, 7) is 7.25. The van der Waals surface area contributed by atoms with Gasteiger partial charge in [0, 0.05) is 5.92 Å². The molecule has 30 heavy (non-hydrogen) atoms. The van der Waals surface area contributed by atoms with Crippen molar-refractivity contribution in [3.8, 4) is 0 Å². The summed E-state index contributed by atoms with van der Waals surface area (Å²) in [7, 11) is 0. The average Bonchev–Trinajstić information content (AvgIpc) is 2.50. The maximum atomic E-state index is 14.1. The second-order valence-electron chi connectivity index (χ2n) is 9.21. The Hall–Kier alpha value is -0.680. The van der Waals surface area contributed by atoms with Gasteiger partial charge in [-0.05, 0) is 53.9 Å². The molecule has 0 aliphatic rings. The van der Waals surface area contributed by atoms with Crippen LogP contribution >= 0.6 is 0 Å². The van der Waals surface area contributed by atoms with Gasteiger partial charge >= 0.3 is 24.1 Å². The van der Waals surface area contributed by atoms with Gasteiger partial charge in [0.1, 0.15) is 5.60 Å². The van der Waals surface area contributed by atoms with Gasteiger partial charge < -0.3 is 14.6 Å². The summed E-state index contributed by atoms with van der Waals surface area (Å²) in [6, 6.07) is 0. The third kappa shape index (κ3) is 6.41. The summed E-state index contributed by atoms with van der Waals surface area (Å²) in [5.41, 5.74) is -6.98. The van der Waals surface area contributed by atoms with Crippen LogP contribution in [0.4, 0.5) is 35.1 Å². The number of hydrogen-bond acceptors (Lipinski definition) is 3. The Morgan fingerprint density at radius 3 is 1.50 bits per heavy atom. The predicted octanol–water partition coefficient (Wildman–Crippen LogP) is 6.63. The molecule has 1 atom stereocenters. The Bertz CT molecular complexity index is 571. The maximum absolute atomic E-state index is 14.1. The van der Waals surface area contributed by atoms with E-state index in [4.69, 9.17) is 0 Å². The van der Waals surface area contributed by atoms with Gasteiger partial charge in [0.15, 0.2) is 0 Å². The Morgan fingerprint density at radius 2 is 1.17 bits per heavy atom. The van der Waals surface area contributed by atoms with Crippen LogP contribution in [0, 0.1) is 5.92 Å². The van der Waals surface area contributed by atoms with Gasteiger partial charge in [-0.1, -0.05) is 20.8 Å². The highest BCUT2D eigenvalue weighted by Gasteiger charge is 2.68. The van der Waals surface area contributed by atoms with E-state index in [2.05, 4.69) is 9.47 Å².